The zero-order valence-corrected chi connectivity index (χ0v) is 14.0. The highest BCUT2D eigenvalue weighted by Gasteiger charge is 2.11. The molecule has 0 atom stereocenters. The fourth-order valence-electron chi connectivity index (χ4n) is 2.28. The van der Waals surface area contributed by atoms with Crippen molar-refractivity contribution in [2.75, 3.05) is 5.32 Å². The molecule has 0 aliphatic carbocycles. The van der Waals surface area contributed by atoms with E-state index in [0.29, 0.717) is 12.2 Å². The monoisotopic (exact) mass is 360 g/mol. The lowest BCUT2D eigenvalue weighted by Crippen LogP contribution is -2.14. The number of halogens is 2. The molecular formula is C17H14ClFN4O2. The van der Waals surface area contributed by atoms with E-state index in [1.54, 1.807) is 30.5 Å². The molecule has 2 aromatic heterocycles. The molecule has 2 N–H and O–H groups in total. The zero-order valence-electron chi connectivity index (χ0n) is 13.2. The van der Waals surface area contributed by atoms with E-state index >= 15 is 0 Å². The number of H-pyrrole nitrogens is 1. The van der Waals surface area contributed by atoms with Gasteiger partial charge in [-0.3, -0.25) is 19.4 Å². The van der Waals surface area contributed by atoms with Crippen LogP contribution in [0.15, 0.2) is 47.4 Å². The van der Waals surface area contributed by atoms with Gasteiger partial charge in [-0.15, -0.1) is 0 Å². The number of rotatable bonds is 4. The van der Waals surface area contributed by atoms with Gasteiger partial charge in [-0.1, -0.05) is 23.7 Å². The maximum absolute atomic E-state index is 13.2. The molecule has 0 aliphatic heterocycles. The highest BCUT2D eigenvalue weighted by molar-refractivity contribution is 6.30. The number of carbonyl (C=O) groups excluding carboxylic acids is 1. The van der Waals surface area contributed by atoms with Gasteiger partial charge in [0.15, 0.2) is 0 Å². The van der Waals surface area contributed by atoms with Gasteiger partial charge in [-0.05, 0) is 35.7 Å². The Bertz CT molecular complexity index is 979. The van der Waals surface area contributed by atoms with E-state index in [9.17, 15) is 14.0 Å². The summed E-state index contributed by atoms with van der Waals surface area (Å²) in [7, 11) is 1.52. The second kappa shape index (κ2) is 6.90. The number of carbonyl (C=O) groups is 1. The van der Waals surface area contributed by atoms with Gasteiger partial charge in [0.2, 0.25) is 0 Å². The molecular weight excluding hydrogens is 347 g/mol. The molecule has 0 saturated heterocycles. The Morgan fingerprint density at radius 2 is 2.04 bits per heavy atom. The average molecular weight is 361 g/mol. The van der Waals surface area contributed by atoms with Crippen molar-refractivity contribution < 1.29 is 9.18 Å². The summed E-state index contributed by atoms with van der Waals surface area (Å²) in [5.74, 6) is -0.556. The van der Waals surface area contributed by atoms with E-state index in [4.69, 9.17) is 11.6 Å². The van der Waals surface area contributed by atoms with Crippen LogP contribution >= 0.6 is 11.6 Å². The number of anilines is 1. The van der Waals surface area contributed by atoms with Crippen LogP contribution in [0.1, 0.15) is 21.6 Å². The number of hydrogen-bond acceptors (Lipinski definition) is 3. The minimum atomic E-state index is -0.458. The van der Waals surface area contributed by atoms with Crippen molar-refractivity contribution in [1.29, 1.82) is 0 Å². The van der Waals surface area contributed by atoms with Crippen LogP contribution in [0.25, 0.3) is 0 Å². The number of hydrogen-bond donors (Lipinski definition) is 2. The van der Waals surface area contributed by atoms with Crippen LogP contribution < -0.4 is 10.9 Å². The van der Waals surface area contributed by atoms with Crippen molar-refractivity contribution in [3.05, 3.63) is 80.6 Å². The quantitative estimate of drug-likeness (QED) is 0.750. The summed E-state index contributed by atoms with van der Waals surface area (Å²) >= 11 is 5.77. The summed E-state index contributed by atoms with van der Waals surface area (Å²) in [5.41, 5.74) is 1.59. The normalized spacial score (nSPS) is 10.7. The van der Waals surface area contributed by atoms with E-state index in [-0.39, 0.29) is 16.3 Å². The van der Waals surface area contributed by atoms with E-state index < -0.39 is 11.7 Å². The summed E-state index contributed by atoms with van der Waals surface area (Å²) in [6.45, 7) is 0. The highest BCUT2D eigenvalue weighted by atomic mass is 35.5. The largest absolute Gasteiger partial charge is 0.305 e. The third-order valence-electron chi connectivity index (χ3n) is 3.59. The zero-order chi connectivity index (χ0) is 18.0. The molecule has 2 heterocycles. The molecule has 0 bridgehead atoms. The molecule has 1 aromatic carbocycles. The summed E-state index contributed by atoms with van der Waals surface area (Å²) in [4.78, 5) is 27.6. The number of nitrogens with one attached hydrogen (secondary N) is 2. The number of aromatic nitrogens is 3. The van der Waals surface area contributed by atoms with Gasteiger partial charge < -0.3 is 5.32 Å². The van der Waals surface area contributed by atoms with Crippen LogP contribution in [-0.2, 0) is 13.5 Å². The van der Waals surface area contributed by atoms with E-state index in [0.717, 1.165) is 11.1 Å². The van der Waals surface area contributed by atoms with Crippen LogP contribution in [0, 0.1) is 5.82 Å². The molecule has 0 radical (unpaired) electrons. The third kappa shape index (κ3) is 3.95. The van der Waals surface area contributed by atoms with Gasteiger partial charge in [-0.25, -0.2) is 9.37 Å². The number of benzene rings is 1. The summed E-state index contributed by atoms with van der Waals surface area (Å²) in [5, 5.41) is 5.32. The van der Waals surface area contributed by atoms with Crippen LogP contribution in [-0.4, -0.2) is 20.7 Å². The van der Waals surface area contributed by atoms with Gasteiger partial charge in [0, 0.05) is 19.3 Å². The number of amides is 1. The number of pyridine rings is 1. The van der Waals surface area contributed by atoms with Crippen molar-refractivity contribution in [3.8, 4) is 0 Å². The van der Waals surface area contributed by atoms with Crippen LogP contribution in [0.5, 0.6) is 0 Å². The first-order valence-corrected chi connectivity index (χ1v) is 7.76. The summed E-state index contributed by atoms with van der Waals surface area (Å²) in [6.07, 6.45) is 2.15. The van der Waals surface area contributed by atoms with Gasteiger partial charge in [0.25, 0.3) is 11.5 Å². The van der Waals surface area contributed by atoms with E-state index in [2.05, 4.69) is 15.4 Å². The lowest BCUT2D eigenvalue weighted by atomic mass is 10.1. The lowest BCUT2D eigenvalue weighted by Gasteiger charge is -2.06. The molecule has 128 valence electrons. The molecule has 25 heavy (non-hydrogen) atoms. The predicted octanol–water partition coefficient (Wildman–Crippen LogP) is 2.74. The minimum absolute atomic E-state index is 0.0752. The summed E-state index contributed by atoms with van der Waals surface area (Å²) in [6, 6.07) is 9.20. The maximum atomic E-state index is 13.2. The lowest BCUT2D eigenvalue weighted by molar-refractivity contribution is 0.102. The van der Waals surface area contributed by atoms with E-state index in [1.165, 1.54) is 23.9 Å². The molecule has 0 spiro atoms. The van der Waals surface area contributed by atoms with Gasteiger partial charge in [-0.2, -0.15) is 0 Å². The molecule has 0 saturated carbocycles. The standard InChI is InChI=1S/C17H14ClFN4O2/c1-23-16(24)8-14(22-23)17(25)21-15-5-3-11(9-20-15)6-10-2-4-13(19)12(18)7-10/h2-5,7-9,22H,6H2,1H3,(H,20,21,25). The minimum Gasteiger partial charge on any atom is -0.305 e. The van der Waals surface area contributed by atoms with Crippen LogP contribution in [0.4, 0.5) is 10.2 Å². The topological polar surface area (TPSA) is 79.8 Å². The highest BCUT2D eigenvalue weighted by Crippen LogP contribution is 2.18. The molecule has 1 amide bonds. The van der Waals surface area contributed by atoms with Crippen molar-refractivity contribution >= 4 is 23.3 Å². The molecule has 0 aliphatic rings. The first-order chi connectivity index (χ1) is 11.9. The summed E-state index contributed by atoms with van der Waals surface area (Å²) < 4.78 is 14.4. The van der Waals surface area contributed by atoms with Crippen molar-refractivity contribution in [3.63, 3.8) is 0 Å². The van der Waals surface area contributed by atoms with Crippen molar-refractivity contribution in [2.24, 2.45) is 7.05 Å². The molecule has 0 unspecified atom stereocenters. The second-order valence-electron chi connectivity index (χ2n) is 5.50. The fourth-order valence-corrected chi connectivity index (χ4v) is 2.48. The van der Waals surface area contributed by atoms with E-state index in [1.807, 2.05) is 0 Å². The molecule has 6 nitrogen and oxygen atoms in total. The second-order valence-corrected chi connectivity index (χ2v) is 5.91. The Balaban J connectivity index is 1.68. The van der Waals surface area contributed by atoms with Crippen LogP contribution in [0.3, 0.4) is 0 Å². The molecule has 3 aromatic rings. The van der Waals surface area contributed by atoms with Gasteiger partial charge in [0.1, 0.15) is 17.3 Å². The molecule has 8 heteroatoms. The fraction of sp³-hybridized carbons (Fsp3) is 0.118. The number of nitrogens with zero attached hydrogens (tertiary/aromatic N) is 2. The maximum Gasteiger partial charge on any atom is 0.274 e. The van der Waals surface area contributed by atoms with Crippen LogP contribution in [0.2, 0.25) is 5.02 Å². The number of aromatic amines is 1. The molecule has 0 fully saturated rings. The Morgan fingerprint density at radius 1 is 1.28 bits per heavy atom. The first kappa shape index (κ1) is 16.9. The first-order valence-electron chi connectivity index (χ1n) is 7.38. The number of aryl methyl sites for hydroxylation is 1. The Kier molecular flexibility index (Phi) is 4.67. The third-order valence-corrected chi connectivity index (χ3v) is 3.88. The van der Waals surface area contributed by atoms with Crippen molar-refractivity contribution in [2.45, 2.75) is 6.42 Å². The average Bonchev–Trinajstić information content (AvgIpc) is 2.92. The van der Waals surface area contributed by atoms with Crippen molar-refractivity contribution in [1.82, 2.24) is 14.8 Å². The Morgan fingerprint density at radius 3 is 2.64 bits per heavy atom. The predicted molar refractivity (Wildman–Crippen MR) is 92.4 cm³/mol. The molecule has 3 rings (SSSR count). The Hall–Kier alpha value is -2.93. The Labute approximate surface area is 147 Å². The SMILES string of the molecule is Cn1[nH]c(C(=O)Nc2ccc(Cc3ccc(F)c(Cl)c3)cn2)cc1=O. The smallest absolute Gasteiger partial charge is 0.274 e. The van der Waals surface area contributed by atoms with Gasteiger partial charge >= 0.3 is 0 Å². The van der Waals surface area contributed by atoms with Gasteiger partial charge in [0.05, 0.1) is 5.02 Å².